The van der Waals surface area contributed by atoms with Crippen molar-refractivity contribution in [1.82, 2.24) is 15.2 Å². The summed E-state index contributed by atoms with van der Waals surface area (Å²) in [6.07, 6.45) is 3.93. The molecule has 1 aromatic carbocycles. The molecule has 1 atom stereocenters. The Balaban J connectivity index is 0.00000169. The highest BCUT2D eigenvalue weighted by molar-refractivity contribution is 5.85. The predicted molar refractivity (Wildman–Crippen MR) is 103 cm³/mol. The molecule has 8 heteroatoms. The summed E-state index contributed by atoms with van der Waals surface area (Å²) in [6.45, 7) is 2.53. The van der Waals surface area contributed by atoms with Gasteiger partial charge in [-0.05, 0) is 56.6 Å². The van der Waals surface area contributed by atoms with Crippen LogP contribution >= 0.6 is 24.8 Å². The molecule has 1 amide bonds. The summed E-state index contributed by atoms with van der Waals surface area (Å²) in [4.78, 5) is 18.7. The van der Waals surface area contributed by atoms with E-state index >= 15 is 0 Å². The molecule has 0 saturated carbocycles. The number of aromatic nitrogens is 1. The molecule has 2 heterocycles. The second kappa shape index (κ2) is 10.5. The summed E-state index contributed by atoms with van der Waals surface area (Å²) in [5.41, 5.74) is 1.30. The lowest BCUT2D eigenvalue weighted by molar-refractivity contribution is -0.132. The first-order chi connectivity index (χ1) is 11.7. The van der Waals surface area contributed by atoms with Gasteiger partial charge in [-0.25, -0.2) is 9.37 Å². The number of benzene rings is 1. The summed E-state index contributed by atoms with van der Waals surface area (Å²) in [5, 5.41) is 3.18. The molecule has 1 fully saturated rings. The van der Waals surface area contributed by atoms with Crippen LogP contribution in [0.4, 0.5) is 4.39 Å². The maximum atomic E-state index is 13.0. The summed E-state index contributed by atoms with van der Waals surface area (Å²) < 4.78 is 18.4. The monoisotopic (exact) mass is 403 g/mol. The van der Waals surface area contributed by atoms with E-state index in [0.717, 1.165) is 32.5 Å². The van der Waals surface area contributed by atoms with Crippen LogP contribution in [0.5, 0.6) is 0 Å². The lowest BCUT2D eigenvalue weighted by atomic mass is 9.97. The number of oxazole rings is 1. The SMILES string of the molecule is CNCC1CCCN(C(=O)Cc2coc(-c3ccc(F)cc3)n2)C1.Cl.Cl. The fourth-order valence-electron chi connectivity index (χ4n) is 3.13. The number of nitrogens with one attached hydrogen (secondary N) is 1. The number of rotatable bonds is 5. The molecule has 0 radical (unpaired) electrons. The second-order valence-electron chi connectivity index (χ2n) is 6.23. The van der Waals surface area contributed by atoms with E-state index in [0.29, 0.717) is 23.1 Å². The molecule has 0 bridgehead atoms. The van der Waals surface area contributed by atoms with Crippen molar-refractivity contribution in [1.29, 1.82) is 0 Å². The van der Waals surface area contributed by atoms with Gasteiger partial charge in [-0.15, -0.1) is 24.8 Å². The van der Waals surface area contributed by atoms with Crippen molar-refractivity contribution in [2.75, 3.05) is 26.7 Å². The first kappa shape index (κ1) is 22.4. The maximum absolute atomic E-state index is 13.0. The predicted octanol–water partition coefficient (Wildman–Crippen LogP) is 3.32. The molecule has 1 unspecified atom stereocenters. The maximum Gasteiger partial charge on any atom is 0.228 e. The van der Waals surface area contributed by atoms with E-state index in [1.165, 1.54) is 18.4 Å². The molecule has 1 saturated heterocycles. The third-order valence-electron chi connectivity index (χ3n) is 4.34. The quantitative estimate of drug-likeness (QED) is 0.831. The lowest BCUT2D eigenvalue weighted by Gasteiger charge is -2.32. The Kier molecular flexibility index (Phi) is 9.05. The van der Waals surface area contributed by atoms with Crippen molar-refractivity contribution < 1.29 is 13.6 Å². The van der Waals surface area contributed by atoms with E-state index in [4.69, 9.17) is 4.42 Å². The summed E-state index contributed by atoms with van der Waals surface area (Å²) in [5.74, 6) is 0.695. The topological polar surface area (TPSA) is 58.4 Å². The first-order valence-corrected chi connectivity index (χ1v) is 8.28. The third kappa shape index (κ3) is 5.69. The molecule has 1 N–H and O–H groups in total. The Morgan fingerprint density at radius 2 is 2.08 bits per heavy atom. The number of halogens is 3. The molecular formula is C18H24Cl2FN3O2. The van der Waals surface area contributed by atoms with Crippen molar-refractivity contribution in [2.45, 2.75) is 19.3 Å². The van der Waals surface area contributed by atoms with Crippen LogP contribution < -0.4 is 5.32 Å². The van der Waals surface area contributed by atoms with E-state index < -0.39 is 0 Å². The van der Waals surface area contributed by atoms with Crippen LogP contribution in [-0.2, 0) is 11.2 Å². The van der Waals surface area contributed by atoms with Crippen LogP contribution in [0.1, 0.15) is 18.5 Å². The minimum atomic E-state index is -0.304. The fourth-order valence-corrected chi connectivity index (χ4v) is 3.13. The van der Waals surface area contributed by atoms with Crippen molar-refractivity contribution in [3.8, 4) is 11.5 Å². The molecule has 0 spiro atoms. The zero-order valence-electron chi connectivity index (χ0n) is 14.6. The Bertz CT molecular complexity index is 692. The van der Waals surface area contributed by atoms with E-state index in [-0.39, 0.29) is 43.0 Å². The Hall–Kier alpha value is -1.63. The number of carbonyl (C=O) groups is 1. The van der Waals surface area contributed by atoms with Crippen molar-refractivity contribution in [3.63, 3.8) is 0 Å². The zero-order valence-corrected chi connectivity index (χ0v) is 16.2. The minimum Gasteiger partial charge on any atom is -0.444 e. The highest BCUT2D eigenvalue weighted by Crippen LogP contribution is 2.20. The standard InChI is InChI=1S/C18H22FN3O2.2ClH/c1-20-10-13-3-2-8-22(11-13)17(23)9-16-12-24-18(21-16)14-4-6-15(19)7-5-14;;/h4-7,12-13,20H,2-3,8-11H2,1H3;2*1H. The van der Waals surface area contributed by atoms with Gasteiger partial charge in [-0.1, -0.05) is 0 Å². The second-order valence-corrected chi connectivity index (χ2v) is 6.23. The van der Waals surface area contributed by atoms with Crippen LogP contribution in [0, 0.1) is 11.7 Å². The highest BCUT2D eigenvalue weighted by atomic mass is 35.5. The number of hydrogen-bond acceptors (Lipinski definition) is 4. The van der Waals surface area contributed by atoms with Gasteiger partial charge < -0.3 is 14.6 Å². The number of likely N-dealkylation sites (tertiary alicyclic amines) is 1. The van der Waals surface area contributed by atoms with Crippen LogP contribution in [0.2, 0.25) is 0 Å². The van der Waals surface area contributed by atoms with Crippen molar-refractivity contribution in [2.24, 2.45) is 5.92 Å². The van der Waals surface area contributed by atoms with E-state index in [2.05, 4.69) is 10.3 Å². The average molecular weight is 404 g/mol. The fraction of sp³-hybridized carbons (Fsp3) is 0.444. The van der Waals surface area contributed by atoms with Gasteiger partial charge in [-0.3, -0.25) is 4.79 Å². The largest absolute Gasteiger partial charge is 0.444 e. The third-order valence-corrected chi connectivity index (χ3v) is 4.34. The Morgan fingerprint density at radius 1 is 1.35 bits per heavy atom. The van der Waals surface area contributed by atoms with Crippen LogP contribution in [0.15, 0.2) is 34.9 Å². The van der Waals surface area contributed by atoms with Gasteiger partial charge >= 0.3 is 0 Å². The molecular weight excluding hydrogens is 380 g/mol. The summed E-state index contributed by atoms with van der Waals surface area (Å²) in [7, 11) is 1.94. The molecule has 0 aliphatic carbocycles. The minimum absolute atomic E-state index is 0. The van der Waals surface area contributed by atoms with Gasteiger partial charge in [0.1, 0.15) is 12.1 Å². The van der Waals surface area contributed by atoms with Crippen molar-refractivity contribution >= 4 is 30.7 Å². The van der Waals surface area contributed by atoms with E-state index in [1.807, 2.05) is 11.9 Å². The van der Waals surface area contributed by atoms with Crippen LogP contribution in [0.25, 0.3) is 11.5 Å². The summed E-state index contributed by atoms with van der Waals surface area (Å²) in [6, 6.07) is 5.94. The first-order valence-electron chi connectivity index (χ1n) is 8.28. The van der Waals surface area contributed by atoms with Gasteiger partial charge in [0.15, 0.2) is 0 Å². The van der Waals surface area contributed by atoms with E-state index in [1.54, 1.807) is 12.1 Å². The van der Waals surface area contributed by atoms with Crippen molar-refractivity contribution in [3.05, 3.63) is 42.0 Å². The Labute approximate surface area is 165 Å². The lowest BCUT2D eigenvalue weighted by Crippen LogP contribution is -2.43. The normalized spacial score (nSPS) is 16.5. The van der Waals surface area contributed by atoms with E-state index in [9.17, 15) is 9.18 Å². The Morgan fingerprint density at radius 3 is 2.77 bits per heavy atom. The number of hydrogen-bond donors (Lipinski definition) is 1. The molecule has 26 heavy (non-hydrogen) atoms. The molecule has 5 nitrogen and oxygen atoms in total. The van der Waals surface area contributed by atoms with Gasteiger partial charge in [0, 0.05) is 18.7 Å². The highest BCUT2D eigenvalue weighted by Gasteiger charge is 2.24. The molecule has 1 aliphatic heterocycles. The van der Waals surface area contributed by atoms with Crippen LogP contribution in [-0.4, -0.2) is 42.5 Å². The molecule has 144 valence electrons. The number of piperidine rings is 1. The average Bonchev–Trinajstić information content (AvgIpc) is 3.04. The number of carbonyl (C=O) groups excluding carboxylic acids is 1. The molecule has 2 aromatic rings. The molecule has 1 aromatic heterocycles. The zero-order chi connectivity index (χ0) is 16.9. The smallest absolute Gasteiger partial charge is 0.228 e. The number of nitrogens with zero attached hydrogens (tertiary/aromatic N) is 2. The van der Waals surface area contributed by atoms with Gasteiger partial charge in [0.2, 0.25) is 11.8 Å². The number of amides is 1. The van der Waals surface area contributed by atoms with Gasteiger partial charge in [-0.2, -0.15) is 0 Å². The van der Waals surface area contributed by atoms with Gasteiger partial charge in [0.05, 0.1) is 12.1 Å². The summed E-state index contributed by atoms with van der Waals surface area (Å²) >= 11 is 0. The molecule has 3 rings (SSSR count). The van der Waals surface area contributed by atoms with Crippen LogP contribution in [0.3, 0.4) is 0 Å². The van der Waals surface area contributed by atoms with Gasteiger partial charge in [0.25, 0.3) is 0 Å². The molecule has 1 aliphatic rings.